The first kappa shape index (κ1) is 16.0. The SMILES string of the molecule is COc1ccc([C@@H]2[C@H](S(=O)(=O)c3ccccc3)[C@@]2(N)CN)cc1. The van der Waals surface area contributed by atoms with Crippen LogP contribution in [0.1, 0.15) is 11.5 Å². The molecule has 4 N–H and O–H groups in total. The molecule has 0 saturated heterocycles. The first-order chi connectivity index (χ1) is 10.9. The van der Waals surface area contributed by atoms with E-state index in [0.717, 1.165) is 5.56 Å². The number of methoxy groups -OCH3 is 1. The van der Waals surface area contributed by atoms with Gasteiger partial charge in [-0.2, -0.15) is 0 Å². The van der Waals surface area contributed by atoms with Crippen LogP contribution >= 0.6 is 0 Å². The summed E-state index contributed by atoms with van der Waals surface area (Å²) in [4.78, 5) is 0.282. The van der Waals surface area contributed by atoms with Gasteiger partial charge in [0.15, 0.2) is 9.84 Å². The summed E-state index contributed by atoms with van der Waals surface area (Å²) in [6.07, 6.45) is 0. The Morgan fingerprint density at radius 1 is 1.09 bits per heavy atom. The minimum absolute atomic E-state index is 0.112. The zero-order valence-electron chi connectivity index (χ0n) is 12.8. The molecule has 1 fully saturated rings. The predicted molar refractivity (Wildman–Crippen MR) is 89.1 cm³/mol. The molecule has 122 valence electrons. The van der Waals surface area contributed by atoms with E-state index in [1.54, 1.807) is 49.6 Å². The van der Waals surface area contributed by atoms with Gasteiger partial charge < -0.3 is 16.2 Å². The molecule has 3 rings (SSSR count). The van der Waals surface area contributed by atoms with Gasteiger partial charge in [-0.1, -0.05) is 30.3 Å². The zero-order valence-corrected chi connectivity index (χ0v) is 13.7. The molecule has 0 bridgehead atoms. The molecule has 5 nitrogen and oxygen atoms in total. The molecular weight excluding hydrogens is 312 g/mol. The molecule has 3 atom stereocenters. The van der Waals surface area contributed by atoms with Gasteiger partial charge >= 0.3 is 0 Å². The Labute approximate surface area is 136 Å². The molecule has 1 aliphatic rings. The summed E-state index contributed by atoms with van der Waals surface area (Å²) in [5.74, 6) is 0.399. The van der Waals surface area contributed by atoms with Crippen LogP contribution in [0.15, 0.2) is 59.5 Å². The van der Waals surface area contributed by atoms with Crippen molar-refractivity contribution >= 4 is 9.84 Å². The summed E-state index contributed by atoms with van der Waals surface area (Å²) >= 11 is 0. The molecule has 0 spiro atoms. The lowest BCUT2D eigenvalue weighted by Gasteiger charge is -2.09. The van der Waals surface area contributed by atoms with Crippen molar-refractivity contribution in [2.45, 2.75) is 21.6 Å². The fourth-order valence-electron chi connectivity index (χ4n) is 3.19. The van der Waals surface area contributed by atoms with Crippen LogP contribution in [-0.4, -0.2) is 32.9 Å². The third-order valence-electron chi connectivity index (χ3n) is 4.54. The molecule has 1 aliphatic carbocycles. The number of benzene rings is 2. The van der Waals surface area contributed by atoms with E-state index in [9.17, 15) is 8.42 Å². The van der Waals surface area contributed by atoms with E-state index in [0.29, 0.717) is 5.75 Å². The average molecular weight is 332 g/mol. The van der Waals surface area contributed by atoms with Gasteiger partial charge in [-0.25, -0.2) is 8.42 Å². The van der Waals surface area contributed by atoms with E-state index in [-0.39, 0.29) is 17.4 Å². The van der Waals surface area contributed by atoms with Crippen molar-refractivity contribution in [2.75, 3.05) is 13.7 Å². The maximum absolute atomic E-state index is 12.9. The van der Waals surface area contributed by atoms with E-state index in [4.69, 9.17) is 16.2 Å². The lowest BCUT2D eigenvalue weighted by atomic mass is 10.1. The lowest BCUT2D eigenvalue weighted by molar-refractivity contribution is 0.414. The van der Waals surface area contributed by atoms with Gasteiger partial charge in [-0.3, -0.25) is 0 Å². The monoisotopic (exact) mass is 332 g/mol. The minimum Gasteiger partial charge on any atom is -0.497 e. The zero-order chi connectivity index (χ0) is 16.7. The topological polar surface area (TPSA) is 95.4 Å². The summed E-state index contributed by atoms with van der Waals surface area (Å²) in [7, 11) is -1.95. The Morgan fingerprint density at radius 3 is 2.22 bits per heavy atom. The van der Waals surface area contributed by atoms with Crippen molar-refractivity contribution in [1.82, 2.24) is 0 Å². The van der Waals surface area contributed by atoms with E-state index in [1.165, 1.54) is 0 Å². The van der Waals surface area contributed by atoms with Crippen molar-refractivity contribution in [1.29, 1.82) is 0 Å². The van der Waals surface area contributed by atoms with Gasteiger partial charge in [0.2, 0.25) is 0 Å². The summed E-state index contributed by atoms with van der Waals surface area (Å²) in [6.45, 7) is 0.112. The molecule has 0 radical (unpaired) electrons. The number of nitrogens with two attached hydrogens (primary N) is 2. The summed E-state index contributed by atoms with van der Waals surface area (Å²) in [5.41, 5.74) is 12.1. The van der Waals surface area contributed by atoms with Crippen LogP contribution in [0.3, 0.4) is 0 Å². The van der Waals surface area contributed by atoms with E-state index < -0.39 is 20.6 Å². The fraction of sp³-hybridized carbons (Fsp3) is 0.294. The molecule has 0 heterocycles. The maximum atomic E-state index is 12.9. The first-order valence-electron chi connectivity index (χ1n) is 7.37. The second-order valence-corrected chi connectivity index (χ2v) is 7.92. The van der Waals surface area contributed by atoms with Crippen LogP contribution in [0.4, 0.5) is 0 Å². The molecule has 0 unspecified atom stereocenters. The Balaban J connectivity index is 1.98. The number of sulfone groups is 1. The molecule has 1 saturated carbocycles. The summed E-state index contributed by atoms with van der Waals surface area (Å²) < 4.78 is 31.0. The van der Waals surface area contributed by atoms with Crippen LogP contribution in [0.5, 0.6) is 5.75 Å². The third kappa shape index (κ3) is 2.52. The largest absolute Gasteiger partial charge is 0.497 e. The Bertz CT molecular complexity index is 790. The van der Waals surface area contributed by atoms with Gasteiger partial charge in [0.25, 0.3) is 0 Å². The predicted octanol–water partition coefficient (Wildman–Crippen LogP) is 1.29. The Morgan fingerprint density at radius 2 is 1.70 bits per heavy atom. The van der Waals surface area contributed by atoms with Crippen LogP contribution in [-0.2, 0) is 9.84 Å². The summed E-state index contributed by atoms with van der Waals surface area (Å²) in [5, 5.41) is -0.712. The highest BCUT2D eigenvalue weighted by Crippen LogP contribution is 2.55. The average Bonchev–Trinajstić information content (AvgIpc) is 3.23. The standard InChI is InChI=1S/C17H20N2O3S/c1-22-13-9-7-12(8-10-13)15-16(17(15,19)11-18)23(20,21)14-5-3-2-4-6-14/h2-10,15-16H,11,18-19H2,1H3/t15-,16+,17-/m1/s1. The number of hydrogen-bond acceptors (Lipinski definition) is 5. The van der Waals surface area contributed by atoms with Gasteiger partial charge in [-0.15, -0.1) is 0 Å². The number of ether oxygens (including phenoxy) is 1. The third-order valence-corrected chi connectivity index (χ3v) is 6.85. The number of hydrogen-bond donors (Lipinski definition) is 2. The van der Waals surface area contributed by atoms with Gasteiger partial charge in [0.05, 0.1) is 22.8 Å². The lowest BCUT2D eigenvalue weighted by Crippen LogP contribution is -2.39. The van der Waals surface area contributed by atoms with Gasteiger partial charge in [-0.05, 0) is 29.8 Å². The second kappa shape index (κ2) is 5.63. The minimum atomic E-state index is -3.53. The molecule has 6 heteroatoms. The van der Waals surface area contributed by atoms with E-state index in [1.807, 2.05) is 12.1 Å². The second-order valence-electron chi connectivity index (χ2n) is 5.85. The highest BCUT2D eigenvalue weighted by atomic mass is 32.2. The van der Waals surface area contributed by atoms with Crippen molar-refractivity contribution in [3.8, 4) is 5.75 Å². The smallest absolute Gasteiger partial charge is 0.183 e. The first-order valence-corrected chi connectivity index (χ1v) is 8.91. The molecule has 2 aromatic carbocycles. The van der Waals surface area contributed by atoms with Crippen molar-refractivity contribution < 1.29 is 13.2 Å². The Kier molecular flexibility index (Phi) is 3.91. The highest BCUT2D eigenvalue weighted by Gasteiger charge is 2.68. The molecular formula is C17H20N2O3S. The van der Waals surface area contributed by atoms with Crippen molar-refractivity contribution in [3.05, 3.63) is 60.2 Å². The van der Waals surface area contributed by atoms with Crippen LogP contribution in [0.25, 0.3) is 0 Å². The van der Waals surface area contributed by atoms with Crippen molar-refractivity contribution in [2.24, 2.45) is 11.5 Å². The highest BCUT2D eigenvalue weighted by molar-refractivity contribution is 7.92. The fourth-order valence-corrected chi connectivity index (χ4v) is 5.53. The molecule has 0 amide bonds. The summed E-state index contributed by atoms with van der Waals surface area (Å²) in [6, 6.07) is 15.7. The van der Waals surface area contributed by atoms with Crippen LogP contribution < -0.4 is 16.2 Å². The molecule has 0 aromatic heterocycles. The van der Waals surface area contributed by atoms with Gasteiger partial charge in [0, 0.05) is 12.5 Å². The quantitative estimate of drug-likeness (QED) is 0.860. The van der Waals surface area contributed by atoms with E-state index in [2.05, 4.69) is 0 Å². The normalized spacial score (nSPS) is 26.7. The van der Waals surface area contributed by atoms with Crippen LogP contribution in [0.2, 0.25) is 0 Å². The van der Waals surface area contributed by atoms with Crippen molar-refractivity contribution in [3.63, 3.8) is 0 Å². The van der Waals surface area contributed by atoms with Crippen LogP contribution in [0, 0.1) is 0 Å². The van der Waals surface area contributed by atoms with E-state index >= 15 is 0 Å². The van der Waals surface area contributed by atoms with Gasteiger partial charge in [0.1, 0.15) is 5.75 Å². The molecule has 2 aromatic rings. The number of rotatable bonds is 5. The molecule has 23 heavy (non-hydrogen) atoms. The maximum Gasteiger partial charge on any atom is 0.183 e. The Hall–Kier alpha value is -1.89. The molecule has 0 aliphatic heterocycles.